The van der Waals surface area contributed by atoms with Crippen LogP contribution < -0.4 is 0 Å². The molecule has 0 rings (SSSR count). The van der Waals surface area contributed by atoms with Gasteiger partial charge in [0.2, 0.25) is 0 Å². The van der Waals surface area contributed by atoms with Crippen molar-refractivity contribution in [1.82, 2.24) is 4.90 Å². The van der Waals surface area contributed by atoms with Crippen LogP contribution in [0.5, 0.6) is 0 Å². The van der Waals surface area contributed by atoms with Crippen LogP contribution in [0.2, 0.25) is 0 Å². The van der Waals surface area contributed by atoms with E-state index in [4.69, 9.17) is 19.3 Å². The van der Waals surface area contributed by atoms with E-state index >= 15 is 0 Å². The number of hydrogen-bond donors (Lipinski definition) is 1. The number of aliphatic hydroxyl groups is 1. The maximum Gasteiger partial charge on any atom is 0.420 e. The summed E-state index contributed by atoms with van der Waals surface area (Å²) in [5, 5.41) is 8.79. The predicted molar refractivity (Wildman–Crippen MR) is 95.6 cm³/mol. The standard InChI is InChI=1S/C18H31NO7/c1-17(2,3)25-15(22)19(16(23)26-18(4,5)6)13(14(21)24-7)11-9-8-10-12-20/h8,10,13,20H,9,11-12H2,1-7H3/b10-8-/t13-/m1/s1. The van der Waals surface area contributed by atoms with E-state index < -0.39 is 35.4 Å². The first-order valence-electron chi connectivity index (χ1n) is 8.41. The van der Waals surface area contributed by atoms with E-state index in [2.05, 4.69) is 0 Å². The van der Waals surface area contributed by atoms with E-state index in [0.717, 1.165) is 0 Å². The molecule has 0 bridgehead atoms. The molecular weight excluding hydrogens is 342 g/mol. The van der Waals surface area contributed by atoms with Crippen LogP contribution in [0, 0.1) is 0 Å². The van der Waals surface area contributed by atoms with E-state index in [1.807, 2.05) is 0 Å². The fraction of sp³-hybridized carbons (Fsp3) is 0.722. The van der Waals surface area contributed by atoms with Gasteiger partial charge in [0.1, 0.15) is 17.2 Å². The third-order valence-corrected chi connectivity index (χ3v) is 2.84. The molecule has 2 amide bonds. The predicted octanol–water partition coefficient (Wildman–Crippen LogP) is 3.03. The second kappa shape index (κ2) is 10.2. The van der Waals surface area contributed by atoms with Gasteiger partial charge in [-0.3, -0.25) is 0 Å². The summed E-state index contributed by atoms with van der Waals surface area (Å²) in [7, 11) is 1.17. The van der Waals surface area contributed by atoms with E-state index in [1.54, 1.807) is 47.6 Å². The number of amides is 2. The van der Waals surface area contributed by atoms with Crippen molar-refractivity contribution in [3.05, 3.63) is 12.2 Å². The Morgan fingerprint density at radius 3 is 1.77 bits per heavy atom. The number of imide groups is 1. The fourth-order valence-electron chi connectivity index (χ4n) is 1.89. The molecule has 0 unspecified atom stereocenters. The number of ether oxygens (including phenoxy) is 3. The summed E-state index contributed by atoms with van der Waals surface area (Å²) in [4.78, 5) is 38.0. The highest BCUT2D eigenvalue weighted by atomic mass is 16.6. The van der Waals surface area contributed by atoms with Gasteiger partial charge in [-0.2, -0.15) is 4.90 Å². The minimum atomic E-state index is -1.21. The normalized spacial score (nSPS) is 13.2. The van der Waals surface area contributed by atoms with Gasteiger partial charge in [-0.25, -0.2) is 14.4 Å². The molecule has 0 spiro atoms. The molecule has 0 aromatic carbocycles. The summed E-state index contributed by atoms with van der Waals surface area (Å²) in [5.74, 6) is -0.765. The smallest absolute Gasteiger partial charge is 0.420 e. The van der Waals surface area contributed by atoms with Crippen LogP contribution in [0.15, 0.2) is 12.2 Å². The van der Waals surface area contributed by atoms with Gasteiger partial charge in [-0.1, -0.05) is 12.2 Å². The highest BCUT2D eigenvalue weighted by molar-refractivity contribution is 5.94. The molecule has 0 fully saturated rings. The Hall–Kier alpha value is -2.09. The second-order valence-electron chi connectivity index (χ2n) is 7.60. The third kappa shape index (κ3) is 9.41. The molecule has 0 aliphatic carbocycles. The average Bonchev–Trinajstić information content (AvgIpc) is 2.45. The van der Waals surface area contributed by atoms with Crippen LogP contribution in [-0.2, 0) is 19.0 Å². The van der Waals surface area contributed by atoms with Gasteiger partial charge >= 0.3 is 18.2 Å². The molecule has 0 aliphatic rings. The summed E-state index contributed by atoms with van der Waals surface area (Å²) in [6.45, 7) is 9.74. The van der Waals surface area contributed by atoms with Crippen LogP contribution in [0.4, 0.5) is 9.59 Å². The molecular formula is C18H31NO7. The molecule has 0 aromatic heterocycles. The number of carbonyl (C=O) groups is 3. The van der Waals surface area contributed by atoms with Gasteiger partial charge in [0.05, 0.1) is 13.7 Å². The lowest BCUT2D eigenvalue weighted by molar-refractivity contribution is -0.146. The van der Waals surface area contributed by atoms with E-state index in [1.165, 1.54) is 13.2 Å². The van der Waals surface area contributed by atoms with E-state index in [0.29, 0.717) is 11.3 Å². The summed E-state index contributed by atoms with van der Waals surface area (Å²) < 4.78 is 15.3. The maximum absolute atomic E-state index is 12.6. The Morgan fingerprint density at radius 2 is 1.42 bits per heavy atom. The minimum absolute atomic E-state index is 0.0989. The quantitative estimate of drug-likeness (QED) is 0.434. The molecule has 1 N–H and O–H groups in total. The Morgan fingerprint density at radius 1 is 0.962 bits per heavy atom. The molecule has 8 nitrogen and oxygen atoms in total. The minimum Gasteiger partial charge on any atom is -0.467 e. The zero-order valence-corrected chi connectivity index (χ0v) is 16.7. The van der Waals surface area contributed by atoms with Crippen LogP contribution in [0.3, 0.4) is 0 Å². The number of methoxy groups -OCH3 is 1. The molecule has 0 heterocycles. The first-order chi connectivity index (χ1) is 11.8. The van der Waals surface area contributed by atoms with Crippen LogP contribution in [0.1, 0.15) is 54.4 Å². The summed E-state index contributed by atoms with van der Waals surface area (Å²) >= 11 is 0. The highest BCUT2D eigenvalue weighted by Crippen LogP contribution is 2.20. The summed E-state index contributed by atoms with van der Waals surface area (Å²) in [5.41, 5.74) is -1.73. The topological polar surface area (TPSA) is 102 Å². The third-order valence-electron chi connectivity index (χ3n) is 2.84. The van der Waals surface area contributed by atoms with Crippen molar-refractivity contribution in [2.45, 2.75) is 71.6 Å². The number of hydrogen-bond acceptors (Lipinski definition) is 7. The number of carbonyl (C=O) groups excluding carboxylic acids is 3. The van der Waals surface area contributed by atoms with Crippen molar-refractivity contribution < 1.29 is 33.7 Å². The maximum atomic E-state index is 12.6. The Labute approximate surface area is 155 Å². The SMILES string of the molecule is COC(=O)[C@@H](CC/C=C\CO)N(C(=O)OC(C)(C)C)C(=O)OC(C)(C)C. The van der Waals surface area contributed by atoms with Crippen molar-refractivity contribution in [3.8, 4) is 0 Å². The Balaban J connectivity index is 5.69. The monoisotopic (exact) mass is 373 g/mol. The number of aliphatic hydroxyl groups excluding tert-OH is 1. The number of nitrogens with zero attached hydrogens (tertiary/aromatic N) is 1. The van der Waals surface area contributed by atoms with E-state index in [9.17, 15) is 14.4 Å². The zero-order chi connectivity index (χ0) is 20.5. The molecule has 26 heavy (non-hydrogen) atoms. The lowest BCUT2D eigenvalue weighted by Gasteiger charge is -2.32. The summed E-state index contributed by atoms with van der Waals surface area (Å²) in [6, 6.07) is -1.21. The average molecular weight is 373 g/mol. The fourth-order valence-corrected chi connectivity index (χ4v) is 1.89. The molecule has 0 saturated heterocycles. The Bertz CT molecular complexity index is 487. The molecule has 0 aliphatic heterocycles. The van der Waals surface area contributed by atoms with Crippen molar-refractivity contribution in [1.29, 1.82) is 0 Å². The van der Waals surface area contributed by atoms with Crippen molar-refractivity contribution >= 4 is 18.2 Å². The molecule has 150 valence electrons. The van der Waals surface area contributed by atoms with Crippen LogP contribution >= 0.6 is 0 Å². The lowest BCUT2D eigenvalue weighted by atomic mass is 10.1. The number of rotatable bonds is 6. The van der Waals surface area contributed by atoms with E-state index in [-0.39, 0.29) is 13.0 Å². The first-order valence-corrected chi connectivity index (χ1v) is 8.41. The van der Waals surface area contributed by atoms with Crippen molar-refractivity contribution in [2.24, 2.45) is 0 Å². The molecule has 0 aromatic rings. The van der Waals surface area contributed by atoms with Gasteiger partial charge < -0.3 is 19.3 Å². The molecule has 8 heteroatoms. The van der Waals surface area contributed by atoms with Gasteiger partial charge in [0.25, 0.3) is 0 Å². The number of esters is 1. The van der Waals surface area contributed by atoms with Gasteiger partial charge in [-0.15, -0.1) is 0 Å². The van der Waals surface area contributed by atoms with Crippen LogP contribution in [-0.4, -0.2) is 59.1 Å². The molecule has 1 atom stereocenters. The summed E-state index contributed by atoms with van der Waals surface area (Å²) in [6.07, 6.45) is 1.59. The van der Waals surface area contributed by atoms with Crippen molar-refractivity contribution in [2.75, 3.05) is 13.7 Å². The molecule has 0 radical (unpaired) electrons. The zero-order valence-electron chi connectivity index (χ0n) is 16.7. The number of allylic oxidation sites excluding steroid dienone is 1. The van der Waals surface area contributed by atoms with Gasteiger partial charge in [0, 0.05) is 0 Å². The first kappa shape index (κ1) is 23.9. The lowest BCUT2D eigenvalue weighted by Crippen LogP contribution is -2.52. The molecule has 0 saturated carbocycles. The van der Waals surface area contributed by atoms with Crippen LogP contribution in [0.25, 0.3) is 0 Å². The van der Waals surface area contributed by atoms with Crippen molar-refractivity contribution in [3.63, 3.8) is 0 Å². The Kier molecular flexibility index (Phi) is 9.34. The highest BCUT2D eigenvalue weighted by Gasteiger charge is 2.40. The second-order valence-corrected chi connectivity index (χ2v) is 7.60. The van der Waals surface area contributed by atoms with Gasteiger partial charge in [0.15, 0.2) is 0 Å². The van der Waals surface area contributed by atoms with Gasteiger partial charge in [-0.05, 0) is 54.4 Å². The largest absolute Gasteiger partial charge is 0.467 e.